The second kappa shape index (κ2) is 5.58. The lowest BCUT2D eigenvalue weighted by Gasteiger charge is -2.20. The summed E-state index contributed by atoms with van der Waals surface area (Å²) < 4.78 is 1.15. The van der Waals surface area contributed by atoms with Crippen molar-refractivity contribution in [3.05, 3.63) is 44.6 Å². The topological polar surface area (TPSA) is 41.1 Å². The Morgan fingerprint density at radius 1 is 1.35 bits per heavy atom. The summed E-state index contributed by atoms with van der Waals surface area (Å²) in [5.74, 6) is 0.106. The molecular formula is C15H15BrN2OS. The SMILES string of the molecule is CC(Nc1ccc2c(c1)CCC(=O)N2)c1sccc1Br. The molecule has 0 radical (unpaired) electrons. The van der Waals surface area contributed by atoms with Gasteiger partial charge in [0.1, 0.15) is 0 Å². The van der Waals surface area contributed by atoms with Crippen LogP contribution in [-0.2, 0) is 11.2 Å². The fourth-order valence-electron chi connectivity index (χ4n) is 2.40. The highest BCUT2D eigenvalue weighted by Crippen LogP contribution is 2.32. The first kappa shape index (κ1) is 13.6. The van der Waals surface area contributed by atoms with Gasteiger partial charge in [0.05, 0.1) is 6.04 Å². The molecule has 2 N–H and O–H groups in total. The van der Waals surface area contributed by atoms with Crippen molar-refractivity contribution in [3.63, 3.8) is 0 Å². The highest BCUT2D eigenvalue weighted by molar-refractivity contribution is 9.10. The minimum atomic E-state index is 0.106. The number of hydrogen-bond donors (Lipinski definition) is 2. The van der Waals surface area contributed by atoms with Crippen molar-refractivity contribution in [2.75, 3.05) is 10.6 Å². The number of benzene rings is 1. The van der Waals surface area contributed by atoms with E-state index in [1.807, 2.05) is 12.1 Å². The number of amides is 1. The molecule has 104 valence electrons. The van der Waals surface area contributed by atoms with Crippen LogP contribution in [0.5, 0.6) is 0 Å². The van der Waals surface area contributed by atoms with E-state index in [0.717, 1.165) is 22.3 Å². The molecular weight excluding hydrogens is 336 g/mol. The highest BCUT2D eigenvalue weighted by atomic mass is 79.9. The Balaban J connectivity index is 1.78. The van der Waals surface area contributed by atoms with E-state index in [4.69, 9.17) is 0 Å². The van der Waals surface area contributed by atoms with Crippen molar-refractivity contribution in [1.29, 1.82) is 0 Å². The minimum Gasteiger partial charge on any atom is -0.378 e. The van der Waals surface area contributed by atoms with Gasteiger partial charge in [0, 0.05) is 27.1 Å². The zero-order chi connectivity index (χ0) is 14.1. The first-order chi connectivity index (χ1) is 9.63. The first-order valence-corrected chi connectivity index (χ1v) is 8.23. The van der Waals surface area contributed by atoms with Gasteiger partial charge in [0.2, 0.25) is 5.91 Å². The van der Waals surface area contributed by atoms with E-state index in [1.165, 1.54) is 10.4 Å². The normalized spacial score (nSPS) is 15.4. The van der Waals surface area contributed by atoms with Crippen molar-refractivity contribution in [3.8, 4) is 0 Å². The van der Waals surface area contributed by atoms with Crippen molar-refractivity contribution >= 4 is 44.5 Å². The van der Waals surface area contributed by atoms with Gasteiger partial charge >= 0.3 is 0 Å². The van der Waals surface area contributed by atoms with Crippen LogP contribution in [-0.4, -0.2) is 5.91 Å². The fourth-order valence-corrected chi connectivity index (χ4v) is 4.13. The van der Waals surface area contributed by atoms with Crippen LogP contribution in [0.15, 0.2) is 34.1 Å². The van der Waals surface area contributed by atoms with Gasteiger partial charge in [-0.05, 0) is 64.5 Å². The van der Waals surface area contributed by atoms with Gasteiger partial charge in [-0.1, -0.05) is 0 Å². The summed E-state index contributed by atoms with van der Waals surface area (Å²) in [4.78, 5) is 12.6. The molecule has 0 bridgehead atoms. The smallest absolute Gasteiger partial charge is 0.224 e. The summed E-state index contributed by atoms with van der Waals surface area (Å²) in [7, 11) is 0. The second-order valence-electron chi connectivity index (χ2n) is 4.92. The first-order valence-electron chi connectivity index (χ1n) is 6.55. The van der Waals surface area contributed by atoms with Crippen LogP contribution in [0.2, 0.25) is 0 Å². The maximum atomic E-state index is 11.4. The van der Waals surface area contributed by atoms with Crippen LogP contribution in [0.1, 0.15) is 29.8 Å². The van der Waals surface area contributed by atoms with E-state index in [-0.39, 0.29) is 11.9 Å². The number of aryl methyl sites for hydroxylation is 1. The van der Waals surface area contributed by atoms with Gasteiger partial charge < -0.3 is 10.6 Å². The molecule has 2 heterocycles. The average molecular weight is 351 g/mol. The molecule has 1 aliphatic rings. The fraction of sp³-hybridized carbons (Fsp3) is 0.267. The molecule has 1 aliphatic heterocycles. The molecule has 1 aromatic carbocycles. The maximum absolute atomic E-state index is 11.4. The van der Waals surface area contributed by atoms with Crippen LogP contribution in [0.4, 0.5) is 11.4 Å². The molecule has 1 amide bonds. The molecule has 1 aromatic heterocycles. The van der Waals surface area contributed by atoms with Crippen LogP contribution in [0.3, 0.4) is 0 Å². The van der Waals surface area contributed by atoms with Crippen LogP contribution in [0.25, 0.3) is 0 Å². The van der Waals surface area contributed by atoms with E-state index < -0.39 is 0 Å². The second-order valence-corrected chi connectivity index (χ2v) is 6.72. The highest BCUT2D eigenvalue weighted by Gasteiger charge is 2.16. The molecule has 1 atom stereocenters. The van der Waals surface area contributed by atoms with Crippen LogP contribution < -0.4 is 10.6 Å². The Bertz CT molecular complexity index is 653. The Hall–Kier alpha value is -1.33. The minimum absolute atomic E-state index is 0.106. The summed E-state index contributed by atoms with van der Waals surface area (Å²) in [6.45, 7) is 2.15. The number of fused-ring (bicyclic) bond motifs is 1. The van der Waals surface area contributed by atoms with Gasteiger partial charge in [-0.15, -0.1) is 11.3 Å². The Morgan fingerprint density at radius 2 is 2.20 bits per heavy atom. The zero-order valence-corrected chi connectivity index (χ0v) is 13.5. The molecule has 0 aliphatic carbocycles. The standard InChI is InChI=1S/C15H15BrN2OS/c1-9(15-12(16)6-7-20-15)17-11-3-4-13-10(8-11)2-5-14(19)18-13/h3-4,6-9,17H,2,5H2,1H3,(H,18,19). The molecule has 0 saturated carbocycles. The molecule has 20 heavy (non-hydrogen) atoms. The number of anilines is 2. The largest absolute Gasteiger partial charge is 0.378 e. The van der Waals surface area contributed by atoms with E-state index in [2.05, 4.69) is 51.0 Å². The van der Waals surface area contributed by atoms with Gasteiger partial charge in [-0.3, -0.25) is 4.79 Å². The van der Waals surface area contributed by atoms with Crippen LogP contribution >= 0.6 is 27.3 Å². The molecule has 0 saturated heterocycles. The van der Waals surface area contributed by atoms with Crippen molar-refractivity contribution in [1.82, 2.24) is 0 Å². The third-order valence-corrected chi connectivity index (χ3v) is 5.48. The molecule has 2 aromatic rings. The van der Waals surface area contributed by atoms with Crippen molar-refractivity contribution in [2.45, 2.75) is 25.8 Å². The number of nitrogens with one attached hydrogen (secondary N) is 2. The predicted molar refractivity (Wildman–Crippen MR) is 87.4 cm³/mol. The third-order valence-electron chi connectivity index (χ3n) is 3.42. The predicted octanol–water partition coefficient (Wildman–Crippen LogP) is 4.57. The molecule has 1 unspecified atom stereocenters. The number of carbonyl (C=O) groups is 1. The molecule has 0 spiro atoms. The Morgan fingerprint density at radius 3 is 2.95 bits per heavy atom. The third kappa shape index (κ3) is 2.74. The lowest BCUT2D eigenvalue weighted by Crippen LogP contribution is -2.19. The molecule has 3 rings (SSSR count). The summed E-state index contributed by atoms with van der Waals surface area (Å²) >= 11 is 5.31. The molecule has 5 heteroatoms. The van der Waals surface area contributed by atoms with Gasteiger partial charge in [-0.25, -0.2) is 0 Å². The van der Waals surface area contributed by atoms with E-state index in [1.54, 1.807) is 11.3 Å². The average Bonchev–Trinajstić information content (AvgIpc) is 2.85. The quantitative estimate of drug-likeness (QED) is 0.851. The van der Waals surface area contributed by atoms with Crippen molar-refractivity contribution < 1.29 is 4.79 Å². The maximum Gasteiger partial charge on any atom is 0.224 e. The van der Waals surface area contributed by atoms with Crippen LogP contribution in [0, 0.1) is 0 Å². The van der Waals surface area contributed by atoms with Gasteiger partial charge in [0.25, 0.3) is 0 Å². The lowest BCUT2D eigenvalue weighted by atomic mass is 10.0. The summed E-state index contributed by atoms with van der Waals surface area (Å²) in [5, 5.41) is 8.50. The number of hydrogen-bond acceptors (Lipinski definition) is 3. The Labute approximate surface area is 130 Å². The van der Waals surface area contributed by atoms with E-state index in [9.17, 15) is 4.79 Å². The van der Waals surface area contributed by atoms with Crippen molar-refractivity contribution in [2.24, 2.45) is 0 Å². The molecule has 3 nitrogen and oxygen atoms in total. The number of carbonyl (C=O) groups excluding carboxylic acids is 1. The summed E-state index contributed by atoms with van der Waals surface area (Å²) in [5.41, 5.74) is 3.23. The van der Waals surface area contributed by atoms with E-state index in [0.29, 0.717) is 6.42 Å². The number of thiophene rings is 1. The van der Waals surface area contributed by atoms with Gasteiger partial charge in [-0.2, -0.15) is 0 Å². The molecule has 0 fully saturated rings. The number of rotatable bonds is 3. The zero-order valence-electron chi connectivity index (χ0n) is 11.1. The summed E-state index contributed by atoms with van der Waals surface area (Å²) in [6.07, 6.45) is 1.39. The van der Waals surface area contributed by atoms with E-state index >= 15 is 0 Å². The number of halogens is 1. The van der Waals surface area contributed by atoms with Gasteiger partial charge in [0.15, 0.2) is 0 Å². The lowest BCUT2D eigenvalue weighted by molar-refractivity contribution is -0.116. The Kier molecular flexibility index (Phi) is 3.81. The summed E-state index contributed by atoms with van der Waals surface area (Å²) in [6, 6.07) is 8.45. The monoisotopic (exact) mass is 350 g/mol.